The van der Waals surface area contributed by atoms with E-state index in [2.05, 4.69) is 0 Å². The molecule has 29 heavy (non-hydrogen) atoms. The van der Waals surface area contributed by atoms with Crippen molar-refractivity contribution in [2.24, 2.45) is 0 Å². The monoisotopic (exact) mass is 391 g/mol. The van der Waals surface area contributed by atoms with Gasteiger partial charge in [-0.05, 0) is 48.9 Å². The predicted molar refractivity (Wildman–Crippen MR) is 104 cm³/mol. The summed E-state index contributed by atoms with van der Waals surface area (Å²) < 4.78 is 18.6. The molecule has 146 valence electrons. The van der Waals surface area contributed by atoms with Gasteiger partial charge in [0.05, 0.1) is 24.4 Å². The minimum atomic E-state index is -0.787. The number of ketones is 1. The standard InChI is InChI=1S/C23H18FNO4/c1-14-4-2-5-16(12-14)20-19(21(26)15-7-9-17(24)10-8-15)22(27)23(28)25(20)13-18-6-3-11-29-18/h2-12,20,26H,13H2,1H3/b21-19-. The van der Waals surface area contributed by atoms with Crippen molar-refractivity contribution in [3.8, 4) is 0 Å². The summed E-state index contributed by atoms with van der Waals surface area (Å²) >= 11 is 0. The second-order valence-corrected chi connectivity index (χ2v) is 6.93. The number of hydrogen-bond donors (Lipinski definition) is 1. The third-order valence-corrected chi connectivity index (χ3v) is 4.92. The van der Waals surface area contributed by atoms with Gasteiger partial charge in [0, 0.05) is 5.56 Å². The van der Waals surface area contributed by atoms with Gasteiger partial charge in [0.1, 0.15) is 17.3 Å². The van der Waals surface area contributed by atoms with E-state index in [0.29, 0.717) is 11.3 Å². The third kappa shape index (κ3) is 3.45. The zero-order chi connectivity index (χ0) is 20.5. The molecule has 1 atom stereocenters. The lowest BCUT2D eigenvalue weighted by Crippen LogP contribution is -2.29. The van der Waals surface area contributed by atoms with Gasteiger partial charge < -0.3 is 14.4 Å². The lowest BCUT2D eigenvalue weighted by Gasteiger charge is -2.24. The fraction of sp³-hybridized carbons (Fsp3) is 0.130. The van der Waals surface area contributed by atoms with E-state index in [0.717, 1.165) is 5.56 Å². The number of benzene rings is 2. The first kappa shape index (κ1) is 18.7. The molecule has 1 aliphatic rings. The van der Waals surface area contributed by atoms with E-state index in [9.17, 15) is 19.1 Å². The Morgan fingerprint density at radius 2 is 1.86 bits per heavy atom. The number of furan rings is 1. The zero-order valence-electron chi connectivity index (χ0n) is 15.6. The average molecular weight is 391 g/mol. The molecule has 1 fully saturated rings. The number of rotatable bonds is 4. The highest BCUT2D eigenvalue weighted by Crippen LogP contribution is 2.40. The summed E-state index contributed by atoms with van der Waals surface area (Å²) in [6.45, 7) is 1.98. The Hall–Kier alpha value is -3.67. The normalized spacial score (nSPS) is 18.4. The SMILES string of the molecule is Cc1cccc(C2/C(=C(/O)c3ccc(F)cc3)C(=O)C(=O)N2Cc2ccco2)c1. The molecule has 6 heteroatoms. The molecule has 0 radical (unpaired) electrons. The van der Waals surface area contributed by atoms with E-state index in [1.54, 1.807) is 18.2 Å². The smallest absolute Gasteiger partial charge is 0.296 e. The highest BCUT2D eigenvalue weighted by Gasteiger charge is 2.46. The molecule has 0 bridgehead atoms. The lowest BCUT2D eigenvalue weighted by molar-refractivity contribution is -0.140. The molecule has 2 aromatic carbocycles. The van der Waals surface area contributed by atoms with Crippen molar-refractivity contribution in [1.29, 1.82) is 0 Å². The van der Waals surface area contributed by atoms with E-state index < -0.39 is 23.5 Å². The van der Waals surface area contributed by atoms with Crippen LogP contribution in [0.5, 0.6) is 0 Å². The number of aryl methyl sites for hydroxylation is 1. The fourth-order valence-corrected chi connectivity index (χ4v) is 3.56. The molecule has 4 rings (SSSR count). The summed E-state index contributed by atoms with van der Waals surface area (Å²) in [7, 11) is 0. The number of aliphatic hydroxyl groups is 1. The molecule has 5 nitrogen and oxygen atoms in total. The van der Waals surface area contributed by atoms with Crippen molar-refractivity contribution in [1.82, 2.24) is 4.90 Å². The van der Waals surface area contributed by atoms with Gasteiger partial charge in [-0.3, -0.25) is 9.59 Å². The quantitative estimate of drug-likeness (QED) is 0.408. The minimum Gasteiger partial charge on any atom is -0.507 e. The maximum Gasteiger partial charge on any atom is 0.296 e. The number of carbonyl (C=O) groups is 2. The number of nitrogens with zero attached hydrogens (tertiary/aromatic N) is 1. The zero-order valence-corrected chi connectivity index (χ0v) is 15.6. The number of aliphatic hydroxyl groups excluding tert-OH is 1. The second kappa shape index (κ2) is 7.39. The Balaban J connectivity index is 1.87. The molecule has 1 aromatic heterocycles. The van der Waals surface area contributed by atoms with Gasteiger partial charge in [-0.1, -0.05) is 29.8 Å². The minimum absolute atomic E-state index is 0.0289. The average Bonchev–Trinajstić information content (AvgIpc) is 3.30. The maximum absolute atomic E-state index is 13.3. The van der Waals surface area contributed by atoms with Crippen LogP contribution in [-0.4, -0.2) is 21.7 Å². The van der Waals surface area contributed by atoms with Crippen LogP contribution in [0.4, 0.5) is 4.39 Å². The van der Waals surface area contributed by atoms with E-state index in [1.807, 2.05) is 25.1 Å². The van der Waals surface area contributed by atoms with Crippen LogP contribution in [0.2, 0.25) is 0 Å². The molecule has 2 heterocycles. The number of Topliss-reactive ketones (excluding diaryl/α,β-unsaturated/α-hetero) is 1. The highest BCUT2D eigenvalue weighted by atomic mass is 19.1. The predicted octanol–water partition coefficient (Wildman–Crippen LogP) is 4.35. The van der Waals surface area contributed by atoms with Crippen LogP contribution in [0.3, 0.4) is 0 Å². The number of amides is 1. The molecule has 1 aliphatic heterocycles. The van der Waals surface area contributed by atoms with Gasteiger partial charge >= 0.3 is 0 Å². The van der Waals surface area contributed by atoms with Gasteiger partial charge in [0.15, 0.2) is 0 Å². The first-order chi connectivity index (χ1) is 14.0. The Morgan fingerprint density at radius 3 is 2.52 bits per heavy atom. The molecule has 1 saturated heterocycles. The van der Waals surface area contributed by atoms with Crippen LogP contribution in [0.25, 0.3) is 5.76 Å². The molecule has 1 unspecified atom stereocenters. The number of halogens is 1. The molecular weight excluding hydrogens is 373 g/mol. The van der Waals surface area contributed by atoms with Crippen molar-refractivity contribution in [3.63, 3.8) is 0 Å². The first-order valence-corrected chi connectivity index (χ1v) is 9.09. The Kier molecular flexibility index (Phi) is 4.76. The van der Waals surface area contributed by atoms with Crippen molar-refractivity contribution in [3.05, 3.63) is 101 Å². The van der Waals surface area contributed by atoms with Gasteiger partial charge in [-0.2, -0.15) is 0 Å². The van der Waals surface area contributed by atoms with Crippen LogP contribution < -0.4 is 0 Å². The summed E-state index contributed by atoms with van der Waals surface area (Å²) in [4.78, 5) is 27.1. The van der Waals surface area contributed by atoms with Gasteiger partial charge in [0.2, 0.25) is 0 Å². The second-order valence-electron chi connectivity index (χ2n) is 6.93. The summed E-state index contributed by atoms with van der Waals surface area (Å²) in [6.07, 6.45) is 1.49. The first-order valence-electron chi connectivity index (χ1n) is 9.09. The number of hydrogen-bond acceptors (Lipinski definition) is 4. The topological polar surface area (TPSA) is 70.8 Å². The molecule has 3 aromatic rings. The summed E-state index contributed by atoms with van der Waals surface area (Å²) in [5.41, 5.74) is 1.88. The Labute approximate surface area is 166 Å². The Morgan fingerprint density at radius 1 is 1.10 bits per heavy atom. The van der Waals surface area contributed by atoms with Crippen molar-refractivity contribution < 1.29 is 23.5 Å². The van der Waals surface area contributed by atoms with Crippen LogP contribution in [0.15, 0.2) is 76.9 Å². The van der Waals surface area contributed by atoms with Crippen molar-refractivity contribution in [2.75, 3.05) is 0 Å². The summed E-state index contributed by atoms with van der Waals surface area (Å²) in [5, 5.41) is 10.9. The third-order valence-electron chi connectivity index (χ3n) is 4.92. The Bertz CT molecular complexity index is 1100. The molecule has 1 amide bonds. The largest absolute Gasteiger partial charge is 0.507 e. The van der Waals surface area contributed by atoms with E-state index in [1.165, 1.54) is 35.4 Å². The highest BCUT2D eigenvalue weighted by molar-refractivity contribution is 6.46. The summed E-state index contributed by atoms with van der Waals surface area (Å²) in [6, 6.07) is 15.2. The van der Waals surface area contributed by atoms with Gasteiger partial charge in [0.25, 0.3) is 11.7 Å². The van der Waals surface area contributed by atoms with E-state index >= 15 is 0 Å². The van der Waals surface area contributed by atoms with Crippen LogP contribution in [-0.2, 0) is 16.1 Å². The lowest BCUT2D eigenvalue weighted by atomic mass is 9.94. The van der Waals surface area contributed by atoms with E-state index in [4.69, 9.17) is 4.42 Å². The number of likely N-dealkylation sites (tertiary alicyclic amines) is 1. The van der Waals surface area contributed by atoms with E-state index in [-0.39, 0.29) is 23.4 Å². The summed E-state index contributed by atoms with van der Waals surface area (Å²) in [5.74, 6) is -1.79. The van der Waals surface area contributed by atoms with Crippen LogP contribution in [0, 0.1) is 12.7 Å². The van der Waals surface area contributed by atoms with Crippen LogP contribution >= 0.6 is 0 Å². The van der Waals surface area contributed by atoms with Crippen molar-refractivity contribution >= 4 is 17.4 Å². The van der Waals surface area contributed by atoms with Crippen LogP contribution in [0.1, 0.15) is 28.5 Å². The number of carbonyl (C=O) groups excluding carboxylic acids is 2. The van der Waals surface area contributed by atoms with Gasteiger partial charge in [-0.15, -0.1) is 0 Å². The molecule has 0 aliphatic carbocycles. The van der Waals surface area contributed by atoms with Crippen molar-refractivity contribution in [2.45, 2.75) is 19.5 Å². The molecule has 0 spiro atoms. The fourth-order valence-electron chi connectivity index (χ4n) is 3.56. The maximum atomic E-state index is 13.3. The molecule has 0 saturated carbocycles. The molecule has 1 N–H and O–H groups in total. The molecular formula is C23H18FNO4. The van der Waals surface area contributed by atoms with Gasteiger partial charge in [-0.25, -0.2) is 4.39 Å².